The topological polar surface area (TPSA) is 208 Å². The maximum absolute atomic E-state index is 12.6. The Kier molecular flexibility index (Phi) is 8.23. The molecule has 0 bridgehead atoms. The zero-order valence-electron chi connectivity index (χ0n) is 62.9. The minimum Gasteiger partial charge on any atom is -0.354 e. The fourth-order valence-corrected chi connectivity index (χ4v) is 6.98. The van der Waals surface area contributed by atoms with Crippen LogP contribution in [0.1, 0.15) is 75.6 Å². The van der Waals surface area contributed by atoms with Crippen LogP contribution in [0.5, 0.6) is 0 Å². The second-order valence-electron chi connectivity index (χ2n) is 15.1. The summed E-state index contributed by atoms with van der Waals surface area (Å²) in [5, 5.41) is 0.668. The summed E-state index contributed by atoms with van der Waals surface area (Å²) in [6.45, 7) is -5.21. The van der Waals surface area contributed by atoms with Crippen molar-refractivity contribution in [3.8, 4) is 0 Å². The van der Waals surface area contributed by atoms with Gasteiger partial charge in [0, 0.05) is 101 Å². The first-order valence-corrected chi connectivity index (χ1v) is 20.6. The molecule has 3 fully saturated rings. The molecule has 0 radical (unpaired) electrons. The highest BCUT2D eigenvalue weighted by Gasteiger charge is 2.36. The number of nitrogens with zero attached hydrogens (tertiary/aromatic N) is 15. The van der Waals surface area contributed by atoms with Gasteiger partial charge in [0.1, 0.15) is 57.4 Å². The number of likely N-dealkylation sites (tertiary alicyclic amines) is 3. The van der Waals surface area contributed by atoms with E-state index >= 15 is 0 Å². The number of nitrogens with one attached hydrogen (secondary N) is 3. The Bertz CT molecular complexity index is 4040. The van der Waals surface area contributed by atoms with E-state index in [-0.39, 0.29) is 55.6 Å². The normalized spacial score (nSPS) is 33.8. The highest BCUT2D eigenvalue weighted by atomic mass is 16.2. The lowest BCUT2D eigenvalue weighted by atomic mass is 9.92. The summed E-state index contributed by atoms with van der Waals surface area (Å²) in [6.07, 6.45) is 0.913. The third-order valence-corrected chi connectivity index (χ3v) is 10.5. The van der Waals surface area contributed by atoms with Gasteiger partial charge in [-0.15, -0.1) is 0 Å². The molecule has 21 heteroatoms. The van der Waals surface area contributed by atoms with Crippen molar-refractivity contribution in [3.63, 3.8) is 0 Å². The molecule has 0 aromatic carbocycles. The van der Waals surface area contributed by atoms with Crippen molar-refractivity contribution < 1.29 is 50.0 Å². The van der Waals surface area contributed by atoms with E-state index < -0.39 is 171 Å². The van der Waals surface area contributed by atoms with Crippen molar-refractivity contribution >= 4 is 68.3 Å². The molecule has 0 aliphatic carbocycles. The van der Waals surface area contributed by atoms with Gasteiger partial charge in [-0.2, -0.15) is 0 Å². The number of H-pyrrole nitrogens is 3. The lowest BCUT2D eigenvalue weighted by Gasteiger charge is -2.41. The molecule has 69 heavy (non-hydrogen) atoms. The number of piperidine rings is 3. The van der Waals surface area contributed by atoms with Crippen LogP contribution < -0.4 is 14.7 Å². The van der Waals surface area contributed by atoms with Gasteiger partial charge in [-0.3, -0.25) is 14.4 Å². The van der Waals surface area contributed by atoms with E-state index in [1.165, 1.54) is 51.6 Å². The summed E-state index contributed by atoms with van der Waals surface area (Å²) in [5.74, 6) is -9.01. The molecule has 360 valence electrons. The standard InChI is InChI=1S/3C16H20N6O/c3*1-11-5-7-22(14(23)8-17-2)9-13(11)21(3)16-12-4-6-18-15(12)19-10-20-16/h3*4,6,10-11,13H,5,7-9H2,1,3H3,(H,18,19,20)/t3*11-,13+/m111/s1/i7D2,9D2,10D,11D,13D;1D3,3D3,7D2,9D2,10D;3D3,7D2,9D2,10D. The number of carbonyl (C=O) groups is 3. The van der Waals surface area contributed by atoms with Gasteiger partial charge in [0.2, 0.25) is 0 Å². The number of hydrogen-bond donors (Lipinski definition) is 3. The molecule has 3 saturated heterocycles. The lowest BCUT2D eigenvalue weighted by molar-refractivity contribution is -0.131. The highest BCUT2D eigenvalue weighted by Crippen LogP contribution is 2.31. The summed E-state index contributed by atoms with van der Waals surface area (Å²) in [4.78, 5) is 81.0. The molecule has 6 atom stereocenters. The number of rotatable bonds is 9. The molecule has 9 rings (SSSR count). The van der Waals surface area contributed by atoms with Crippen molar-refractivity contribution in [1.82, 2.24) is 59.6 Å². The third kappa shape index (κ3) is 11.0. The fraction of sp³-hybridized carbons (Fsp3) is 0.500. The van der Waals surface area contributed by atoms with Crippen LogP contribution in [0.25, 0.3) is 47.6 Å². The monoisotopic (exact) mass is 963 g/mol. The van der Waals surface area contributed by atoms with E-state index in [4.69, 9.17) is 55.4 Å². The second kappa shape index (κ2) is 22.3. The van der Waals surface area contributed by atoms with Crippen LogP contribution in [0.2, 0.25) is 0 Å². The maximum atomic E-state index is 12.6. The number of fused-ring (bicyclic) bond motifs is 3. The van der Waals surface area contributed by atoms with Crippen molar-refractivity contribution in [3.05, 3.63) is 90.0 Å². The SMILES string of the molecule is [2H]c1nc(N(C)[C@@]2([2H])C([2H])([2H])N(C(=O)C[N+]#[C-])C([2H])([2H])C[C@@]2([2H])C)c2cc[nH]c2n1.[2H]c1nc(N([C@@H]2[C@H](C([2H])([2H])[2H])CC([2H])([2H])N(C(=O)C[N+]#[C-])C2([2H])[2H])C([2H])([2H])[2H])c2cc[nH]c2n1.[2H]c1nc(N([C@@H]2[C@H](C)CC([2H])([2H])N(C(=O)C[N+]#[C-])C2([2H])[2H])C([2H])([2H])[2H])c2cc[nH]c2n1. The number of anilines is 3. The zero-order chi connectivity index (χ0) is 71.9. The van der Waals surface area contributed by atoms with E-state index in [0.717, 1.165) is 9.80 Å². The lowest BCUT2D eigenvalue weighted by Crippen LogP contribution is -2.53. The molecular weight excluding hydrogens is 877 g/mol. The zero-order valence-corrected chi connectivity index (χ0v) is 36.9. The van der Waals surface area contributed by atoms with Crippen molar-refractivity contribution in [2.75, 3.05) is 94.3 Å². The first-order valence-electron chi connectivity index (χ1n) is 33.6. The Labute approximate surface area is 438 Å². The molecular formula is C48H60N18O3. The first kappa shape index (κ1) is 25.5. The van der Waals surface area contributed by atoms with Crippen molar-refractivity contribution in [2.45, 2.75) is 58.1 Å². The number of hydrogen-bond acceptors (Lipinski definition) is 12. The second-order valence-corrected chi connectivity index (χ2v) is 15.1. The van der Waals surface area contributed by atoms with Gasteiger partial charge in [0.15, 0.2) is 0 Å². The largest absolute Gasteiger partial charge is 0.354 e. The average molecular weight is 963 g/mol. The summed E-state index contributed by atoms with van der Waals surface area (Å²) < 4.78 is 215. The minimum absolute atomic E-state index is 0.0105. The van der Waals surface area contributed by atoms with Crippen LogP contribution in [-0.2, 0) is 14.4 Å². The summed E-state index contributed by atoms with van der Waals surface area (Å²) in [6, 6.07) is -1.82. The Balaban J connectivity index is 0.000000202. The average Bonchev–Trinajstić information content (AvgIpc) is 0.948. The van der Waals surface area contributed by atoms with Crippen LogP contribution in [-0.4, -0.2) is 175 Å². The van der Waals surface area contributed by atoms with Crippen LogP contribution in [0.4, 0.5) is 17.5 Å². The molecule has 3 aliphatic heterocycles. The first-order chi connectivity index (χ1) is 43.3. The number of likely N-dealkylation sites (N-methyl/N-ethyl adjacent to an activating group) is 3. The molecule has 3 aliphatic rings. The van der Waals surface area contributed by atoms with Gasteiger partial charge in [0.25, 0.3) is 19.6 Å². The molecule has 6 aromatic rings. The third-order valence-electron chi connectivity index (χ3n) is 10.5. The highest BCUT2D eigenvalue weighted by molar-refractivity contribution is 5.89. The smallest absolute Gasteiger partial charge is 0.302 e. The van der Waals surface area contributed by atoms with Gasteiger partial charge in [-0.25, -0.2) is 49.6 Å². The molecule has 6 aromatic heterocycles. The quantitative estimate of drug-likeness (QED) is 0.169. The maximum Gasteiger partial charge on any atom is 0.302 e. The van der Waals surface area contributed by atoms with Crippen LogP contribution in [0, 0.1) is 37.4 Å². The predicted octanol–water partition coefficient (Wildman–Crippen LogP) is 4.65. The Morgan fingerprint density at radius 1 is 0.652 bits per heavy atom. The van der Waals surface area contributed by atoms with E-state index in [1.807, 2.05) is 0 Å². The molecule has 0 spiro atoms. The Hall–Kier alpha value is -7.86. The van der Waals surface area contributed by atoms with Gasteiger partial charge in [0.05, 0.1) is 43.9 Å². The number of carbonyl (C=O) groups excluding carboxylic acids is 3. The molecule has 3 N–H and O–H groups in total. The molecule has 21 nitrogen and oxygen atoms in total. The van der Waals surface area contributed by atoms with E-state index in [9.17, 15) is 14.4 Å². The molecule has 0 unspecified atom stereocenters. The number of amides is 3. The summed E-state index contributed by atoms with van der Waals surface area (Å²) in [7, 11) is 1.31. The van der Waals surface area contributed by atoms with Gasteiger partial charge in [-0.05, 0) is 55.2 Å². The number of aromatic amines is 3. The van der Waals surface area contributed by atoms with Crippen molar-refractivity contribution in [1.29, 1.82) is 0 Å². The Morgan fingerprint density at radius 2 is 1.04 bits per heavy atom. The molecule has 3 amide bonds. The van der Waals surface area contributed by atoms with E-state index in [1.54, 1.807) is 6.07 Å². The molecule has 9 heterocycles. The van der Waals surface area contributed by atoms with Gasteiger partial charge < -0.3 is 58.9 Å². The summed E-state index contributed by atoms with van der Waals surface area (Å²) in [5.41, 5.74) is 0.506. The van der Waals surface area contributed by atoms with Crippen LogP contribution in [0.3, 0.4) is 0 Å². The van der Waals surface area contributed by atoms with Crippen molar-refractivity contribution in [2.24, 2.45) is 17.7 Å². The van der Waals surface area contributed by atoms with E-state index in [2.05, 4.69) is 59.4 Å². The summed E-state index contributed by atoms with van der Waals surface area (Å²) >= 11 is 0. The van der Waals surface area contributed by atoms with Gasteiger partial charge in [-0.1, -0.05) is 20.7 Å². The number of aromatic nitrogens is 9. The van der Waals surface area contributed by atoms with Gasteiger partial charge >= 0.3 is 17.7 Å². The Morgan fingerprint density at radius 3 is 1.46 bits per heavy atom. The van der Waals surface area contributed by atoms with Crippen LogP contribution in [0.15, 0.2) is 55.7 Å². The minimum atomic E-state index is -3.23. The van der Waals surface area contributed by atoms with E-state index in [0.29, 0.717) is 15.2 Å². The molecule has 0 saturated carbocycles. The predicted molar refractivity (Wildman–Crippen MR) is 264 cm³/mol. The van der Waals surface area contributed by atoms with Crippen LogP contribution >= 0.6 is 0 Å². The fourth-order valence-electron chi connectivity index (χ4n) is 6.98.